The van der Waals surface area contributed by atoms with Crippen molar-refractivity contribution >= 4 is 11.9 Å². The lowest BCUT2D eigenvalue weighted by molar-refractivity contribution is -0.132. The summed E-state index contributed by atoms with van der Waals surface area (Å²) in [5.74, 6) is -0.0983. The van der Waals surface area contributed by atoms with Crippen LogP contribution in [0.2, 0.25) is 0 Å². The predicted molar refractivity (Wildman–Crippen MR) is 105 cm³/mol. The summed E-state index contributed by atoms with van der Waals surface area (Å²) in [6.45, 7) is 5.18. The highest BCUT2D eigenvalue weighted by Crippen LogP contribution is 2.51. The van der Waals surface area contributed by atoms with Crippen molar-refractivity contribution in [2.75, 3.05) is 21.3 Å². The molecular weight excluding hydrogens is 362 g/mol. The highest BCUT2D eigenvalue weighted by atomic mass is 16.5. The third-order valence-electron chi connectivity index (χ3n) is 4.59. The largest absolute Gasteiger partial charge is 0.493 e. The van der Waals surface area contributed by atoms with Crippen molar-refractivity contribution in [2.24, 2.45) is 5.92 Å². The molecule has 1 saturated carbocycles. The summed E-state index contributed by atoms with van der Waals surface area (Å²) in [7, 11) is 4.61. The first kappa shape index (κ1) is 21.1. The van der Waals surface area contributed by atoms with Gasteiger partial charge in [0, 0.05) is 5.92 Å². The maximum atomic E-state index is 12.6. The van der Waals surface area contributed by atoms with Crippen LogP contribution in [-0.4, -0.2) is 38.3 Å². The number of ether oxygens (including phenoxy) is 3. The third kappa shape index (κ3) is 4.36. The van der Waals surface area contributed by atoms with Crippen LogP contribution in [0.15, 0.2) is 48.2 Å². The number of aliphatic carboxylic acids is 1. The topological polar surface area (TPSA) is 94.1 Å². The molecule has 0 heterocycles. The zero-order valence-electron chi connectivity index (χ0n) is 16.4. The van der Waals surface area contributed by atoms with Crippen LogP contribution >= 0.6 is 0 Å². The maximum absolute atomic E-state index is 12.6. The minimum Gasteiger partial charge on any atom is -0.493 e. The van der Waals surface area contributed by atoms with Gasteiger partial charge in [-0.2, -0.15) is 0 Å². The zero-order chi connectivity index (χ0) is 20.8. The van der Waals surface area contributed by atoms with Crippen molar-refractivity contribution in [3.63, 3.8) is 0 Å². The Morgan fingerprint density at radius 3 is 2.21 bits per heavy atom. The molecule has 1 amide bonds. The molecule has 2 unspecified atom stereocenters. The lowest BCUT2D eigenvalue weighted by Gasteiger charge is -2.14. The number of carboxylic acid groups (broad SMARTS) is 1. The molecule has 2 rings (SSSR count). The van der Waals surface area contributed by atoms with E-state index in [0.29, 0.717) is 23.7 Å². The molecule has 2 N–H and O–H groups in total. The fourth-order valence-electron chi connectivity index (χ4n) is 3.08. The van der Waals surface area contributed by atoms with E-state index >= 15 is 0 Å². The Bertz CT molecular complexity index is 814. The summed E-state index contributed by atoms with van der Waals surface area (Å²) < 4.78 is 16.0. The number of hydrogen-bond acceptors (Lipinski definition) is 5. The van der Waals surface area contributed by atoms with Gasteiger partial charge < -0.3 is 24.6 Å². The highest BCUT2D eigenvalue weighted by Gasteiger charge is 2.45. The second kappa shape index (κ2) is 9.12. The first-order chi connectivity index (χ1) is 13.4. The van der Waals surface area contributed by atoms with Crippen LogP contribution in [0.4, 0.5) is 0 Å². The van der Waals surface area contributed by atoms with E-state index in [9.17, 15) is 14.7 Å². The van der Waals surface area contributed by atoms with Crippen molar-refractivity contribution in [3.05, 3.63) is 53.8 Å². The average Bonchev–Trinajstić information content (AvgIpc) is 3.49. The van der Waals surface area contributed by atoms with E-state index in [-0.39, 0.29) is 29.0 Å². The summed E-state index contributed by atoms with van der Waals surface area (Å²) in [6.07, 6.45) is 4.92. The molecule has 28 heavy (non-hydrogen) atoms. The fourth-order valence-corrected chi connectivity index (χ4v) is 3.08. The Balaban J connectivity index is 2.19. The van der Waals surface area contributed by atoms with Crippen molar-refractivity contribution in [1.82, 2.24) is 5.32 Å². The summed E-state index contributed by atoms with van der Waals surface area (Å²) >= 11 is 0. The van der Waals surface area contributed by atoms with Gasteiger partial charge in [0.2, 0.25) is 11.7 Å². The van der Waals surface area contributed by atoms with Crippen LogP contribution in [0.5, 0.6) is 17.2 Å². The predicted octanol–water partition coefficient (Wildman–Crippen LogP) is 3.03. The number of benzene rings is 1. The summed E-state index contributed by atoms with van der Waals surface area (Å²) in [5.41, 5.74) is 1.13. The van der Waals surface area contributed by atoms with Gasteiger partial charge in [-0.25, -0.2) is 4.79 Å². The van der Waals surface area contributed by atoms with Crippen molar-refractivity contribution in [3.8, 4) is 17.2 Å². The Morgan fingerprint density at radius 1 is 1.18 bits per heavy atom. The Labute approximate surface area is 164 Å². The normalized spacial score (nSPS) is 18.9. The Kier molecular flexibility index (Phi) is 6.87. The Morgan fingerprint density at radius 2 is 1.79 bits per heavy atom. The van der Waals surface area contributed by atoms with E-state index in [1.165, 1.54) is 33.5 Å². The molecule has 1 aromatic carbocycles. The van der Waals surface area contributed by atoms with Crippen LogP contribution in [0.1, 0.15) is 24.8 Å². The lowest BCUT2D eigenvalue weighted by Crippen LogP contribution is -2.27. The molecule has 7 heteroatoms. The average molecular weight is 387 g/mol. The van der Waals surface area contributed by atoms with Crippen molar-refractivity contribution in [1.29, 1.82) is 0 Å². The molecule has 150 valence electrons. The second-order valence-electron chi connectivity index (χ2n) is 6.22. The van der Waals surface area contributed by atoms with Crippen LogP contribution in [0, 0.1) is 5.92 Å². The minimum absolute atomic E-state index is 0.0107. The van der Waals surface area contributed by atoms with Gasteiger partial charge in [0.25, 0.3) is 0 Å². The van der Waals surface area contributed by atoms with Gasteiger partial charge in [0.15, 0.2) is 11.5 Å². The first-order valence-electron chi connectivity index (χ1n) is 8.75. The van der Waals surface area contributed by atoms with Gasteiger partial charge in [0.1, 0.15) is 0 Å². The van der Waals surface area contributed by atoms with E-state index in [1.54, 1.807) is 13.0 Å². The Hall–Kier alpha value is -3.22. The van der Waals surface area contributed by atoms with Gasteiger partial charge in [-0.1, -0.05) is 18.7 Å². The number of rotatable bonds is 9. The monoisotopic (exact) mass is 387 g/mol. The lowest BCUT2D eigenvalue weighted by atomic mass is 10.1. The van der Waals surface area contributed by atoms with E-state index in [1.807, 2.05) is 12.1 Å². The summed E-state index contributed by atoms with van der Waals surface area (Å²) in [6, 6.07) is 3.66. The highest BCUT2D eigenvalue weighted by molar-refractivity contribution is 5.95. The van der Waals surface area contributed by atoms with E-state index in [4.69, 9.17) is 14.2 Å². The molecule has 0 aromatic heterocycles. The molecule has 0 spiro atoms. The smallest absolute Gasteiger partial charge is 0.337 e. The number of carbonyl (C=O) groups is 2. The van der Waals surface area contributed by atoms with Gasteiger partial charge in [-0.05, 0) is 43.0 Å². The molecule has 7 nitrogen and oxygen atoms in total. The number of carbonyl (C=O) groups excluding carboxylic acids is 1. The number of allylic oxidation sites excluding steroid dienone is 3. The van der Waals surface area contributed by atoms with Gasteiger partial charge in [-0.15, -0.1) is 0 Å². The number of hydrogen-bond donors (Lipinski definition) is 2. The molecule has 1 fully saturated rings. The molecule has 1 aliphatic rings. The van der Waals surface area contributed by atoms with Gasteiger partial charge in [0.05, 0.1) is 32.6 Å². The van der Waals surface area contributed by atoms with E-state index in [0.717, 1.165) is 5.56 Å². The molecule has 0 bridgehead atoms. The SMILES string of the molecule is C=C/C=C(C(=O)O)\C(=C/C)NC(=O)C1CC1c1cc(OC)c(OC)c(OC)c1. The summed E-state index contributed by atoms with van der Waals surface area (Å²) in [4.78, 5) is 24.0. The zero-order valence-corrected chi connectivity index (χ0v) is 16.4. The van der Waals surface area contributed by atoms with Crippen molar-refractivity contribution < 1.29 is 28.9 Å². The summed E-state index contributed by atoms with van der Waals surface area (Å²) in [5, 5.41) is 12.0. The number of carboxylic acids is 1. The minimum atomic E-state index is -1.13. The standard InChI is InChI=1S/C21H25NO6/c1-6-8-13(21(24)25)16(7-2)22-20(23)15-11-14(15)12-9-17(26-3)19(28-5)18(10-12)27-4/h6-10,14-15H,1,11H2,2-5H3,(H,22,23)(H,24,25)/b13-8+,16-7+. The van der Waals surface area contributed by atoms with E-state index in [2.05, 4.69) is 11.9 Å². The fraction of sp³-hybridized carbons (Fsp3) is 0.333. The van der Waals surface area contributed by atoms with Crippen LogP contribution in [0.3, 0.4) is 0 Å². The number of methoxy groups -OCH3 is 3. The maximum Gasteiger partial charge on any atom is 0.337 e. The molecular formula is C21H25NO6. The quantitative estimate of drug-likeness (QED) is 0.500. The number of amides is 1. The van der Waals surface area contributed by atoms with Gasteiger partial charge in [-0.3, -0.25) is 4.79 Å². The number of nitrogens with one attached hydrogen (secondary N) is 1. The molecule has 0 aliphatic heterocycles. The van der Waals surface area contributed by atoms with Crippen LogP contribution in [0.25, 0.3) is 0 Å². The van der Waals surface area contributed by atoms with Crippen molar-refractivity contribution in [2.45, 2.75) is 19.3 Å². The first-order valence-corrected chi connectivity index (χ1v) is 8.75. The molecule has 1 aliphatic carbocycles. The van der Waals surface area contributed by atoms with E-state index < -0.39 is 5.97 Å². The van der Waals surface area contributed by atoms with Crippen LogP contribution in [-0.2, 0) is 9.59 Å². The molecule has 1 aromatic rings. The molecule has 0 saturated heterocycles. The second-order valence-corrected chi connectivity index (χ2v) is 6.22. The molecule has 2 atom stereocenters. The van der Waals surface area contributed by atoms with Crippen LogP contribution < -0.4 is 19.5 Å². The molecule has 0 radical (unpaired) electrons. The van der Waals surface area contributed by atoms with Gasteiger partial charge >= 0.3 is 5.97 Å². The third-order valence-corrected chi connectivity index (χ3v) is 4.59.